The number of hydrogen-bond acceptors (Lipinski definition) is 6. The Morgan fingerprint density at radius 2 is 1.74 bits per heavy atom. The average molecular weight is 441 g/mol. The monoisotopic (exact) mass is 440 g/mol. The van der Waals surface area contributed by atoms with Gasteiger partial charge < -0.3 is 14.4 Å². The first kappa shape index (κ1) is 21.4. The molecule has 0 amide bonds. The van der Waals surface area contributed by atoms with E-state index in [-0.39, 0.29) is 9.79 Å². The van der Waals surface area contributed by atoms with Crippen molar-refractivity contribution in [1.29, 1.82) is 0 Å². The summed E-state index contributed by atoms with van der Waals surface area (Å²) in [5, 5.41) is 0.801. The molecular weight excluding hydrogens is 412 g/mol. The van der Waals surface area contributed by atoms with Crippen LogP contribution in [0, 0.1) is 5.92 Å². The first-order valence-electron chi connectivity index (χ1n) is 10.6. The van der Waals surface area contributed by atoms with E-state index in [9.17, 15) is 8.42 Å². The van der Waals surface area contributed by atoms with Gasteiger partial charge in [0.25, 0.3) is 0 Å². The minimum atomic E-state index is -3.77. The average Bonchev–Trinajstić information content (AvgIpc) is 2.79. The predicted molar refractivity (Wildman–Crippen MR) is 122 cm³/mol. The van der Waals surface area contributed by atoms with Gasteiger partial charge >= 0.3 is 0 Å². The molecule has 0 unspecified atom stereocenters. The standard InChI is InChI=1S/C24H28N2O4S/c1-4-30-19-7-10-22-21(15-19)24(26-13-11-17(2)12-14-26)23(16-25-22)31(27,28)20-8-5-18(29-3)6-9-20/h5-10,15-17H,4,11-14H2,1-3H3. The van der Waals surface area contributed by atoms with E-state index in [1.165, 1.54) is 6.20 Å². The number of ether oxygens (including phenoxy) is 2. The van der Waals surface area contributed by atoms with Crippen LogP contribution in [-0.4, -0.2) is 40.2 Å². The molecule has 0 N–H and O–H groups in total. The summed E-state index contributed by atoms with van der Waals surface area (Å²) in [5.41, 5.74) is 1.47. The fourth-order valence-electron chi connectivity index (χ4n) is 4.03. The van der Waals surface area contributed by atoms with Gasteiger partial charge in [0.15, 0.2) is 0 Å². The molecule has 164 valence electrons. The highest BCUT2D eigenvalue weighted by Crippen LogP contribution is 2.39. The highest BCUT2D eigenvalue weighted by atomic mass is 32.2. The normalized spacial score (nSPS) is 15.3. The van der Waals surface area contributed by atoms with Crippen LogP contribution >= 0.6 is 0 Å². The molecule has 2 aromatic carbocycles. The molecule has 1 fully saturated rings. The molecule has 0 aliphatic carbocycles. The van der Waals surface area contributed by atoms with Crippen LogP contribution in [0.25, 0.3) is 10.9 Å². The van der Waals surface area contributed by atoms with Crippen LogP contribution in [0.3, 0.4) is 0 Å². The summed E-state index contributed by atoms with van der Waals surface area (Å²) >= 11 is 0. The van der Waals surface area contributed by atoms with E-state index in [1.807, 2.05) is 25.1 Å². The summed E-state index contributed by atoms with van der Waals surface area (Å²) in [5.74, 6) is 1.95. The lowest BCUT2D eigenvalue weighted by Gasteiger charge is -2.34. The zero-order valence-corrected chi connectivity index (χ0v) is 19.0. The molecule has 2 heterocycles. The fraction of sp³-hybridized carbons (Fsp3) is 0.375. The predicted octanol–water partition coefficient (Wildman–Crippen LogP) is 4.71. The lowest BCUT2D eigenvalue weighted by molar-refractivity contribution is 0.340. The Morgan fingerprint density at radius 3 is 2.39 bits per heavy atom. The van der Waals surface area contributed by atoms with Crippen LogP contribution in [0.5, 0.6) is 11.5 Å². The van der Waals surface area contributed by atoms with Crippen molar-refractivity contribution in [3.63, 3.8) is 0 Å². The molecule has 1 aliphatic rings. The number of rotatable bonds is 6. The van der Waals surface area contributed by atoms with Crippen LogP contribution in [0.4, 0.5) is 5.69 Å². The van der Waals surface area contributed by atoms with Crippen LogP contribution in [0.1, 0.15) is 26.7 Å². The van der Waals surface area contributed by atoms with E-state index < -0.39 is 9.84 Å². The zero-order chi connectivity index (χ0) is 22.0. The van der Waals surface area contributed by atoms with Gasteiger partial charge in [-0.25, -0.2) is 8.42 Å². The van der Waals surface area contributed by atoms with Crippen LogP contribution in [0.15, 0.2) is 58.5 Å². The largest absolute Gasteiger partial charge is 0.497 e. The van der Waals surface area contributed by atoms with Gasteiger partial charge in [-0.1, -0.05) is 6.92 Å². The van der Waals surface area contributed by atoms with Crippen molar-refractivity contribution >= 4 is 26.4 Å². The minimum absolute atomic E-state index is 0.224. The van der Waals surface area contributed by atoms with Crippen molar-refractivity contribution < 1.29 is 17.9 Å². The Morgan fingerprint density at radius 1 is 1.06 bits per heavy atom. The minimum Gasteiger partial charge on any atom is -0.497 e. The molecule has 31 heavy (non-hydrogen) atoms. The Labute approximate surface area is 183 Å². The van der Waals surface area contributed by atoms with Crippen molar-refractivity contribution in [3.05, 3.63) is 48.7 Å². The molecule has 4 rings (SSSR count). The van der Waals surface area contributed by atoms with Gasteiger partial charge in [-0.2, -0.15) is 0 Å². The van der Waals surface area contributed by atoms with E-state index >= 15 is 0 Å². The van der Waals surface area contributed by atoms with Gasteiger partial charge in [-0.15, -0.1) is 0 Å². The highest BCUT2D eigenvalue weighted by molar-refractivity contribution is 7.91. The molecule has 0 spiro atoms. The highest BCUT2D eigenvalue weighted by Gasteiger charge is 2.28. The second kappa shape index (κ2) is 8.75. The van der Waals surface area contributed by atoms with Crippen LogP contribution in [-0.2, 0) is 9.84 Å². The van der Waals surface area contributed by atoms with Crippen molar-refractivity contribution in [2.75, 3.05) is 31.7 Å². The van der Waals surface area contributed by atoms with Gasteiger partial charge in [0.2, 0.25) is 9.84 Å². The maximum absolute atomic E-state index is 13.7. The molecule has 6 nitrogen and oxygen atoms in total. The zero-order valence-electron chi connectivity index (χ0n) is 18.2. The lowest BCUT2D eigenvalue weighted by Crippen LogP contribution is -2.34. The topological polar surface area (TPSA) is 68.7 Å². The lowest BCUT2D eigenvalue weighted by atomic mass is 9.98. The van der Waals surface area contributed by atoms with Gasteiger partial charge in [-0.05, 0) is 68.1 Å². The second-order valence-electron chi connectivity index (χ2n) is 7.93. The number of nitrogens with zero attached hydrogens (tertiary/aromatic N) is 2. The van der Waals surface area contributed by atoms with Gasteiger partial charge in [0, 0.05) is 24.7 Å². The number of methoxy groups -OCH3 is 1. The van der Waals surface area contributed by atoms with Crippen molar-refractivity contribution in [3.8, 4) is 11.5 Å². The van der Waals surface area contributed by atoms with Crippen LogP contribution in [0.2, 0.25) is 0 Å². The third kappa shape index (κ3) is 4.19. The van der Waals surface area contributed by atoms with E-state index in [4.69, 9.17) is 9.47 Å². The summed E-state index contributed by atoms with van der Waals surface area (Å²) in [6.07, 6.45) is 3.55. The molecule has 0 bridgehead atoms. The molecular formula is C24H28N2O4S. The first-order chi connectivity index (χ1) is 14.9. The molecule has 7 heteroatoms. The molecule has 0 atom stereocenters. The van der Waals surface area contributed by atoms with Crippen LogP contribution < -0.4 is 14.4 Å². The molecule has 1 aromatic heterocycles. The summed E-state index contributed by atoms with van der Waals surface area (Å²) in [7, 11) is -2.22. The van der Waals surface area contributed by atoms with Crippen molar-refractivity contribution in [2.45, 2.75) is 36.5 Å². The molecule has 0 saturated carbocycles. The van der Waals surface area contributed by atoms with Crippen molar-refractivity contribution in [1.82, 2.24) is 4.98 Å². The third-order valence-corrected chi connectivity index (χ3v) is 7.62. The number of anilines is 1. The Kier molecular flexibility index (Phi) is 6.05. The number of piperidine rings is 1. The quantitative estimate of drug-likeness (QED) is 0.553. The summed E-state index contributed by atoms with van der Waals surface area (Å²) in [4.78, 5) is 7.14. The van der Waals surface area contributed by atoms with E-state index in [0.717, 1.165) is 36.8 Å². The Balaban J connectivity index is 1.91. The van der Waals surface area contributed by atoms with E-state index in [1.54, 1.807) is 31.4 Å². The number of pyridine rings is 1. The van der Waals surface area contributed by atoms with Gasteiger partial charge in [0.1, 0.15) is 16.4 Å². The number of fused-ring (bicyclic) bond motifs is 1. The first-order valence-corrected chi connectivity index (χ1v) is 12.1. The smallest absolute Gasteiger partial charge is 0.210 e. The summed E-state index contributed by atoms with van der Waals surface area (Å²) in [6.45, 7) is 6.33. The van der Waals surface area contributed by atoms with E-state index in [2.05, 4.69) is 16.8 Å². The Hall–Kier alpha value is -2.80. The Bertz CT molecular complexity index is 1170. The maximum atomic E-state index is 13.7. The van der Waals surface area contributed by atoms with Crippen molar-refractivity contribution in [2.24, 2.45) is 5.92 Å². The SMILES string of the molecule is CCOc1ccc2ncc(S(=O)(=O)c3ccc(OC)cc3)c(N3CCC(C)CC3)c2c1. The van der Waals surface area contributed by atoms with Gasteiger partial charge in [0.05, 0.1) is 29.8 Å². The molecule has 1 saturated heterocycles. The third-order valence-electron chi connectivity index (χ3n) is 5.85. The van der Waals surface area contributed by atoms with E-state index in [0.29, 0.717) is 29.7 Å². The maximum Gasteiger partial charge on any atom is 0.210 e. The molecule has 0 radical (unpaired) electrons. The molecule has 3 aromatic rings. The summed E-state index contributed by atoms with van der Waals surface area (Å²) in [6, 6.07) is 12.2. The summed E-state index contributed by atoms with van der Waals surface area (Å²) < 4.78 is 38.2. The fourth-order valence-corrected chi connectivity index (χ4v) is 5.47. The van der Waals surface area contributed by atoms with Gasteiger partial charge in [-0.3, -0.25) is 4.98 Å². The number of aromatic nitrogens is 1. The number of hydrogen-bond donors (Lipinski definition) is 0. The molecule has 1 aliphatic heterocycles. The second-order valence-corrected chi connectivity index (χ2v) is 9.85. The number of sulfone groups is 1. The number of benzene rings is 2.